The number of aromatic amines is 1. The van der Waals surface area contributed by atoms with E-state index >= 15 is 0 Å². The maximum Gasteiger partial charge on any atom is 0.416 e. The van der Waals surface area contributed by atoms with Crippen LogP contribution < -0.4 is 15.6 Å². The van der Waals surface area contributed by atoms with Crippen LogP contribution in [0.3, 0.4) is 0 Å². The molecule has 0 spiro atoms. The van der Waals surface area contributed by atoms with Crippen LogP contribution >= 0.6 is 0 Å². The summed E-state index contributed by atoms with van der Waals surface area (Å²) in [6.45, 7) is -0.0710. The maximum absolute atomic E-state index is 12.6. The maximum atomic E-state index is 12.6. The van der Waals surface area contributed by atoms with Crippen molar-refractivity contribution in [2.24, 2.45) is 5.10 Å². The van der Waals surface area contributed by atoms with E-state index in [1.54, 1.807) is 24.3 Å². The molecule has 0 aliphatic carbocycles. The van der Waals surface area contributed by atoms with Crippen molar-refractivity contribution < 1.29 is 22.7 Å². The van der Waals surface area contributed by atoms with Gasteiger partial charge in [0.05, 0.1) is 18.9 Å². The minimum Gasteiger partial charge on any atom is -0.497 e. The summed E-state index contributed by atoms with van der Waals surface area (Å²) in [5.41, 5.74) is -0.865. The molecule has 0 aliphatic rings. The Morgan fingerprint density at radius 2 is 1.87 bits per heavy atom. The Labute approximate surface area is 168 Å². The zero-order valence-corrected chi connectivity index (χ0v) is 15.6. The molecule has 1 amide bonds. The molecule has 0 aliphatic heterocycles. The summed E-state index contributed by atoms with van der Waals surface area (Å²) in [7, 11) is 1.54. The average Bonchev–Trinajstić information content (AvgIpc) is 3.11. The Balaban J connectivity index is 1.64. The second-order valence-electron chi connectivity index (χ2n) is 6.07. The number of ether oxygens (including phenoxy) is 1. The fourth-order valence-electron chi connectivity index (χ4n) is 2.41. The quantitative estimate of drug-likeness (QED) is 0.599. The van der Waals surface area contributed by atoms with Crippen molar-refractivity contribution in [3.63, 3.8) is 0 Å². The summed E-state index contributed by atoms with van der Waals surface area (Å²) < 4.78 is 42.8. The number of methoxy groups -OCH3 is 1. The minimum absolute atomic E-state index is 0.0710. The molecule has 0 radical (unpaired) electrons. The molecule has 1 aromatic heterocycles. The molecule has 1 heterocycles. The topological polar surface area (TPSA) is 101 Å². The van der Waals surface area contributed by atoms with Gasteiger partial charge < -0.3 is 10.1 Å². The fourth-order valence-corrected chi connectivity index (χ4v) is 2.41. The molecule has 8 nitrogen and oxygen atoms in total. The predicted octanol–water partition coefficient (Wildman–Crippen LogP) is 2.41. The molecular weight excluding hydrogens is 403 g/mol. The summed E-state index contributed by atoms with van der Waals surface area (Å²) in [4.78, 5) is 25.2. The molecule has 3 aromatic rings. The Morgan fingerprint density at radius 3 is 2.47 bits per heavy atom. The van der Waals surface area contributed by atoms with E-state index in [9.17, 15) is 22.8 Å². The molecular formula is C19H16F3N5O3. The SMILES string of the molecule is COc1ccc(C=Nn2[nH]nc(C(=O)NCc3ccc(C(F)(F)F)cc3)c2=O)cc1. The summed E-state index contributed by atoms with van der Waals surface area (Å²) in [6, 6.07) is 11.2. The van der Waals surface area contributed by atoms with Crippen molar-refractivity contribution >= 4 is 12.1 Å². The van der Waals surface area contributed by atoms with Gasteiger partial charge in [0, 0.05) is 6.54 Å². The first-order valence-corrected chi connectivity index (χ1v) is 8.58. The van der Waals surface area contributed by atoms with Crippen LogP contribution in [-0.4, -0.2) is 34.3 Å². The number of carbonyl (C=O) groups is 1. The summed E-state index contributed by atoms with van der Waals surface area (Å²) >= 11 is 0. The molecule has 0 fully saturated rings. The lowest BCUT2D eigenvalue weighted by molar-refractivity contribution is -0.137. The zero-order chi connectivity index (χ0) is 21.7. The Kier molecular flexibility index (Phi) is 6.00. The number of hydrogen-bond acceptors (Lipinski definition) is 5. The first-order chi connectivity index (χ1) is 14.3. The normalized spacial score (nSPS) is 11.6. The predicted molar refractivity (Wildman–Crippen MR) is 101 cm³/mol. The molecule has 2 N–H and O–H groups in total. The highest BCUT2D eigenvalue weighted by Crippen LogP contribution is 2.29. The van der Waals surface area contributed by atoms with Gasteiger partial charge in [0.1, 0.15) is 5.75 Å². The number of nitrogens with one attached hydrogen (secondary N) is 2. The smallest absolute Gasteiger partial charge is 0.416 e. The van der Waals surface area contributed by atoms with Crippen LogP contribution in [0.1, 0.15) is 27.2 Å². The number of aromatic nitrogens is 3. The van der Waals surface area contributed by atoms with Gasteiger partial charge in [-0.05, 0) is 47.5 Å². The van der Waals surface area contributed by atoms with Gasteiger partial charge in [-0.1, -0.05) is 12.1 Å². The van der Waals surface area contributed by atoms with Crippen LogP contribution in [0.5, 0.6) is 5.75 Å². The van der Waals surface area contributed by atoms with Gasteiger partial charge in [-0.15, -0.1) is 9.89 Å². The van der Waals surface area contributed by atoms with Crippen LogP contribution in [-0.2, 0) is 12.7 Å². The first-order valence-electron chi connectivity index (χ1n) is 8.58. The zero-order valence-electron chi connectivity index (χ0n) is 15.6. The molecule has 156 valence electrons. The second-order valence-corrected chi connectivity index (χ2v) is 6.07. The molecule has 30 heavy (non-hydrogen) atoms. The van der Waals surface area contributed by atoms with Crippen molar-refractivity contribution in [3.8, 4) is 5.75 Å². The van der Waals surface area contributed by atoms with E-state index in [1.807, 2.05) is 0 Å². The van der Waals surface area contributed by atoms with E-state index in [1.165, 1.54) is 25.5 Å². The van der Waals surface area contributed by atoms with Gasteiger partial charge in [-0.25, -0.2) is 0 Å². The van der Waals surface area contributed by atoms with Crippen molar-refractivity contribution in [1.82, 2.24) is 20.4 Å². The Hall–Kier alpha value is -3.89. The third-order valence-electron chi connectivity index (χ3n) is 4.04. The van der Waals surface area contributed by atoms with Gasteiger partial charge in [0.25, 0.3) is 5.91 Å². The van der Waals surface area contributed by atoms with Gasteiger partial charge in [0.2, 0.25) is 5.69 Å². The molecule has 11 heteroatoms. The molecule has 0 saturated heterocycles. The van der Waals surface area contributed by atoms with Crippen molar-refractivity contribution in [2.75, 3.05) is 7.11 Å². The van der Waals surface area contributed by atoms with Crippen molar-refractivity contribution in [1.29, 1.82) is 0 Å². The number of nitrogens with zero attached hydrogens (tertiary/aromatic N) is 3. The molecule has 0 saturated carbocycles. The number of carbonyl (C=O) groups excluding carboxylic acids is 1. The molecule has 0 bridgehead atoms. The highest BCUT2D eigenvalue weighted by atomic mass is 19.4. The molecule has 2 aromatic carbocycles. The van der Waals surface area contributed by atoms with Crippen molar-refractivity contribution in [3.05, 3.63) is 81.3 Å². The van der Waals surface area contributed by atoms with Gasteiger partial charge in [-0.3, -0.25) is 9.59 Å². The molecule has 0 atom stereocenters. The van der Waals surface area contributed by atoms with Crippen LogP contribution in [0.25, 0.3) is 0 Å². The molecule has 3 rings (SSSR count). The monoisotopic (exact) mass is 419 g/mol. The van der Waals surface area contributed by atoms with Crippen LogP contribution in [0.4, 0.5) is 13.2 Å². The number of H-pyrrole nitrogens is 1. The number of amides is 1. The second kappa shape index (κ2) is 8.64. The number of hydrogen-bond donors (Lipinski definition) is 2. The lowest BCUT2D eigenvalue weighted by Crippen LogP contribution is -2.29. The van der Waals surface area contributed by atoms with Crippen LogP contribution in [0.15, 0.2) is 58.4 Å². The number of rotatable bonds is 6. The molecule has 0 unspecified atom stereocenters. The van der Waals surface area contributed by atoms with E-state index < -0.39 is 28.9 Å². The third-order valence-corrected chi connectivity index (χ3v) is 4.04. The highest BCUT2D eigenvalue weighted by molar-refractivity contribution is 5.91. The summed E-state index contributed by atoms with van der Waals surface area (Å²) in [6.07, 6.45) is -3.04. The average molecular weight is 419 g/mol. The highest BCUT2D eigenvalue weighted by Gasteiger charge is 2.29. The number of alkyl halides is 3. The Bertz CT molecular complexity index is 1100. The largest absolute Gasteiger partial charge is 0.497 e. The lowest BCUT2D eigenvalue weighted by atomic mass is 10.1. The van der Waals surface area contributed by atoms with Gasteiger partial charge >= 0.3 is 11.7 Å². The van der Waals surface area contributed by atoms with E-state index in [0.29, 0.717) is 16.9 Å². The van der Waals surface area contributed by atoms with Gasteiger partial charge in [0.15, 0.2) is 0 Å². The number of benzene rings is 2. The van der Waals surface area contributed by atoms with E-state index in [2.05, 4.69) is 20.7 Å². The minimum atomic E-state index is -4.44. The first kappa shape index (κ1) is 20.8. The summed E-state index contributed by atoms with van der Waals surface area (Å²) in [5, 5.41) is 12.3. The van der Waals surface area contributed by atoms with E-state index in [0.717, 1.165) is 16.9 Å². The number of halogens is 3. The van der Waals surface area contributed by atoms with Crippen molar-refractivity contribution in [2.45, 2.75) is 12.7 Å². The van der Waals surface area contributed by atoms with E-state index in [-0.39, 0.29) is 6.54 Å². The van der Waals surface area contributed by atoms with Gasteiger partial charge in [-0.2, -0.15) is 23.5 Å². The third kappa shape index (κ3) is 4.93. The van der Waals surface area contributed by atoms with Crippen LogP contribution in [0.2, 0.25) is 0 Å². The standard InChI is InChI=1S/C19H16F3N5O3/c1-30-15-8-4-13(5-9-15)11-24-27-18(29)16(25-26-27)17(28)23-10-12-2-6-14(7-3-12)19(20,21)22/h2-9,11,26H,10H2,1H3,(H,23,28). The van der Waals surface area contributed by atoms with Crippen LogP contribution in [0, 0.1) is 0 Å². The van der Waals surface area contributed by atoms with E-state index in [4.69, 9.17) is 4.74 Å². The fraction of sp³-hybridized carbons (Fsp3) is 0.158. The lowest BCUT2D eigenvalue weighted by Gasteiger charge is -2.08. The Morgan fingerprint density at radius 1 is 1.20 bits per heavy atom. The summed E-state index contributed by atoms with van der Waals surface area (Å²) in [5.74, 6) is -0.118.